The first kappa shape index (κ1) is 22.9. The summed E-state index contributed by atoms with van der Waals surface area (Å²) in [5.41, 5.74) is 1.25. The van der Waals surface area contributed by atoms with Gasteiger partial charge in [-0.1, -0.05) is 35.5 Å². The number of amides is 1. The fourth-order valence-electron chi connectivity index (χ4n) is 4.95. The lowest BCUT2D eigenvalue weighted by molar-refractivity contribution is -0.138. The van der Waals surface area contributed by atoms with E-state index in [-0.39, 0.29) is 34.9 Å². The molecule has 0 bridgehead atoms. The van der Waals surface area contributed by atoms with Crippen LogP contribution in [0.5, 0.6) is 0 Å². The Kier molecular flexibility index (Phi) is 6.69. The quantitative estimate of drug-likeness (QED) is 0.734. The van der Waals surface area contributed by atoms with Crippen molar-refractivity contribution in [2.75, 3.05) is 26.2 Å². The predicted octanol–water partition coefficient (Wildman–Crippen LogP) is 2.66. The topological polar surface area (TPSA) is 104 Å². The van der Waals surface area contributed by atoms with Crippen molar-refractivity contribution in [2.24, 2.45) is 11.8 Å². The summed E-state index contributed by atoms with van der Waals surface area (Å²) in [4.78, 5) is 15.2. The molecule has 2 aromatic rings. The maximum atomic E-state index is 13.2. The molecule has 2 aliphatic rings. The molecule has 1 amide bonds. The van der Waals surface area contributed by atoms with Gasteiger partial charge in [-0.3, -0.25) is 4.79 Å². The molecule has 174 valence electrons. The standard InChI is InChI=1S/C23H31N3O5S/c1-16-22(17(2)31-24-16)32(29,30)26-12-6-9-20(15-26)23(28)25-13-10-19(11-14-25)21(27)18-7-4-3-5-8-18/h3-5,7-8,19-21,27H,6,9-15H2,1-2H3. The second-order valence-electron chi connectivity index (χ2n) is 8.87. The van der Waals surface area contributed by atoms with E-state index in [2.05, 4.69) is 5.16 Å². The molecular weight excluding hydrogens is 430 g/mol. The summed E-state index contributed by atoms with van der Waals surface area (Å²) in [6.07, 6.45) is 2.26. The van der Waals surface area contributed by atoms with E-state index in [1.807, 2.05) is 35.2 Å². The molecule has 1 aromatic heterocycles. The Morgan fingerprint density at radius 1 is 1.12 bits per heavy atom. The van der Waals surface area contributed by atoms with Crippen molar-refractivity contribution in [3.63, 3.8) is 0 Å². The number of piperidine rings is 2. The van der Waals surface area contributed by atoms with Crippen molar-refractivity contribution in [3.8, 4) is 0 Å². The van der Waals surface area contributed by atoms with Crippen LogP contribution in [0.1, 0.15) is 48.8 Å². The van der Waals surface area contributed by atoms with Crippen molar-refractivity contribution in [3.05, 3.63) is 47.3 Å². The first-order valence-corrected chi connectivity index (χ1v) is 12.7. The van der Waals surface area contributed by atoms with Crippen LogP contribution < -0.4 is 0 Å². The van der Waals surface area contributed by atoms with Crippen molar-refractivity contribution < 1.29 is 22.8 Å². The molecule has 2 fully saturated rings. The Labute approximate surface area is 189 Å². The van der Waals surface area contributed by atoms with E-state index in [9.17, 15) is 18.3 Å². The molecule has 2 saturated heterocycles. The third-order valence-corrected chi connectivity index (χ3v) is 8.85. The Morgan fingerprint density at radius 3 is 2.44 bits per heavy atom. The zero-order chi connectivity index (χ0) is 22.9. The van der Waals surface area contributed by atoms with E-state index in [1.165, 1.54) is 4.31 Å². The summed E-state index contributed by atoms with van der Waals surface area (Å²) in [7, 11) is -3.75. The zero-order valence-electron chi connectivity index (χ0n) is 18.6. The molecule has 0 aliphatic carbocycles. The Balaban J connectivity index is 1.38. The summed E-state index contributed by atoms with van der Waals surface area (Å²) in [6.45, 7) is 4.94. The molecular formula is C23H31N3O5S. The van der Waals surface area contributed by atoms with E-state index in [0.29, 0.717) is 38.2 Å². The number of carbonyl (C=O) groups excluding carboxylic acids is 1. The largest absolute Gasteiger partial charge is 0.388 e. The van der Waals surface area contributed by atoms with E-state index < -0.39 is 16.1 Å². The van der Waals surface area contributed by atoms with Gasteiger partial charge in [-0.15, -0.1) is 0 Å². The summed E-state index contributed by atoms with van der Waals surface area (Å²) in [6, 6.07) is 9.62. The van der Waals surface area contributed by atoms with E-state index in [4.69, 9.17) is 4.52 Å². The minimum atomic E-state index is -3.75. The summed E-state index contributed by atoms with van der Waals surface area (Å²) in [5.74, 6) is 0.0464. The van der Waals surface area contributed by atoms with Gasteiger partial charge in [-0.2, -0.15) is 4.31 Å². The second kappa shape index (κ2) is 9.33. The number of benzene rings is 1. The van der Waals surface area contributed by atoms with Crippen LogP contribution in [0.2, 0.25) is 0 Å². The third-order valence-electron chi connectivity index (χ3n) is 6.74. The van der Waals surface area contributed by atoms with Gasteiger partial charge < -0.3 is 14.5 Å². The number of aromatic nitrogens is 1. The molecule has 2 atom stereocenters. The number of rotatable bonds is 5. The SMILES string of the molecule is Cc1noc(C)c1S(=O)(=O)N1CCCC(C(=O)N2CCC(C(O)c3ccccc3)CC2)C1. The highest BCUT2D eigenvalue weighted by Crippen LogP contribution is 2.33. The molecule has 32 heavy (non-hydrogen) atoms. The summed E-state index contributed by atoms with van der Waals surface area (Å²) < 4.78 is 32.8. The molecule has 0 radical (unpaired) electrons. The van der Waals surface area contributed by atoms with Gasteiger partial charge in [-0.05, 0) is 51.0 Å². The molecule has 1 N–H and O–H groups in total. The van der Waals surface area contributed by atoms with Crippen LogP contribution in [0.25, 0.3) is 0 Å². The van der Waals surface area contributed by atoms with Gasteiger partial charge in [0.05, 0.1) is 12.0 Å². The maximum Gasteiger partial charge on any atom is 0.248 e. The number of aliphatic hydroxyl groups is 1. The van der Waals surface area contributed by atoms with Crippen LogP contribution >= 0.6 is 0 Å². The van der Waals surface area contributed by atoms with Crippen LogP contribution in [-0.4, -0.2) is 60.0 Å². The van der Waals surface area contributed by atoms with Gasteiger partial charge in [0, 0.05) is 26.2 Å². The van der Waals surface area contributed by atoms with Gasteiger partial charge in [0.15, 0.2) is 5.76 Å². The average Bonchev–Trinajstić information content (AvgIpc) is 3.17. The van der Waals surface area contributed by atoms with E-state index in [1.54, 1.807) is 13.8 Å². The van der Waals surface area contributed by atoms with Crippen molar-refractivity contribution >= 4 is 15.9 Å². The van der Waals surface area contributed by atoms with Crippen LogP contribution in [0.15, 0.2) is 39.8 Å². The average molecular weight is 462 g/mol. The minimum absolute atomic E-state index is 0.0105. The first-order chi connectivity index (χ1) is 15.3. The molecule has 8 nitrogen and oxygen atoms in total. The van der Waals surface area contributed by atoms with Gasteiger partial charge >= 0.3 is 0 Å². The Morgan fingerprint density at radius 2 is 1.81 bits per heavy atom. The maximum absolute atomic E-state index is 13.2. The number of aliphatic hydroxyl groups excluding tert-OH is 1. The van der Waals surface area contributed by atoms with Crippen LogP contribution in [0.4, 0.5) is 0 Å². The number of carbonyl (C=O) groups is 1. The van der Waals surface area contributed by atoms with Crippen LogP contribution in [-0.2, 0) is 14.8 Å². The highest BCUT2D eigenvalue weighted by Gasteiger charge is 2.38. The van der Waals surface area contributed by atoms with Crippen LogP contribution in [0.3, 0.4) is 0 Å². The molecule has 2 unspecified atom stereocenters. The van der Waals surface area contributed by atoms with Gasteiger partial charge in [0.2, 0.25) is 15.9 Å². The van der Waals surface area contributed by atoms with Gasteiger partial charge in [0.1, 0.15) is 10.6 Å². The number of aryl methyl sites for hydroxylation is 2. The van der Waals surface area contributed by atoms with Gasteiger partial charge in [-0.25, -0.2) is 8.42 Å². The molecule has 9 heteroatoms. The molecule has 4 rings (SSSR count). The predicted molar refractivity (Wildman–Crippen MR) is 118 cm³/mol. The fraction of sp³-hybridized carbons (Fsp3) is 0.565. The van der Waals surface area contributed by atoms with Crippen molar-refractivity contribution in [1.82, 2.24) is 14.4 Å². The molecule has 0 saturated carbocycles. The zero-order valence-corrected chi connectivity index (χ0v) is 19.4. The van der Waals surface area contributed by atoms with E-state index in [0.717, 1.165) is 18.4 Å². The smallest absolute Gasteiger partial charge is 0.248 e. The number of nitrogens with zero attached hydrogens (tertiary/aromatic N) is 3. The minimum Gasteiger partial charge on any atom is -0.388 e. The third kappa shape index (κ3) is 4.46. The molecule has 1 aromatic carbocycles. The molecule has 3 heterocycles. The van der Waals surface area contributed by atoms with Crippen molar-refractivity contribution in [2.45, 2.75) is 50.5 Å². The fourth-order valence-corrected chi connectivity index (χ4v) is 6.77. The number of hydrogen-bond acceptors (Lipinski definition) is 6. The summed E-state index contributed by atoms with van der Waals surface area (Å²) >= 11 is 0. The lowest BCUT2D eigenvalue weighted by Gasteiger charge is -2.38. The number of likely N-dealkylation sites (tertiary alicyclic amines) is 1. The first-order valence-electron chi connectivity index (χ1n) is 11.2. The monoisotopic (exact) mass is 461 g/mol. The Bertz CT molecular complexity index is 1030. The normalized spacial score (nSPS) is 22.1. The number of sulfonamides is 1. The highest BCUT2D eigenvalue weighted by atomic mass is 32.2. The van der Waals surface area contributed by atoms with Crippen molar-refractivity contribution in [1.29, 1.82) is 0 Å². The Hall–Kier alpha value is -2.23. The lowest BCUT2D eigenvalue weighted by atomic mass is 9.86. The number of hydrogen-bond donors (Lipinski definition) is 1. The molecule has 2 aliphatic heterocycles. The van der Waals surface area contributed by atoms with Crippen LogP contribution in [0, 0.1) is 25.7 Å². The van der Waals surface area contributed by atoms with Gasteiger partial charge in [0.25, 0.3) is 0 Å². The second-order valence-corrected chi connectivity index (χ2v) is 10.7. The van der Waals surface area contributed by atoms with E-state index >= 15 is 0 Å². The highest BCUT2D eigenvalue weighted by molar-refractivity contribution is 7.89. The summed E-state index contributed by atoms with van der Waals surface area (Å²) in [5, 5.41) is 14.5. The molecule has 0 spiro atoms. The lowest BCUT2D eigenvalue weighted by Crippen LogP contribution is -2.49.